The Balaban J connectivity index is 2.35. The number of benzene rings is 1. The molecular formula is C14H16N2O2. The Morgan fingerprint density at radius 2 is 2.17 bits per heavy atom. The summed E-state index contributed by atoms with van der Waals surface area (Å²) in [7, 11) is 1.78. The third kappa shape index (κ3) is 2.14. The predicted molar refractivity (Wildman–Crippen MR) is 70.6 cm³/mol. The molecule has 1 amide bonds. The smallest absolute Gasteiger partial charge is 0.242 e. The van der Waals surface area contributed by atoms with E-state index >= 15 is 0 Å². The molecule has 0 aliphatic carbocycles. The van der Waals surface area contributed by atoms with Crippen molar-refractivity contribution in [2.24, 2.45) is 0 Å². The first kappa shape index (κ1) is 12.4. The van der Waals surface area contributed by atoms with Gasteiger partial charge in [0.2, 0.25) is 5.91 Å². The van der Waals surface area contributed by atoms with Crippen LogP contribution in [0.2, 0.25) is 0 Å². The zero-order valence-electron chi connectivity index (χ0n) is 10.6. The number of hydrogen-bond acceptors (Lipinski definition) is 2. The molecule has 4 heteroatoms. The zero-order valence-corrected chi connectivity index (χ0v) is 10.6. The number of nitrogens with zero attached hydrogens (tertiary/aromatic N) is 2. The summed E-state index contributed by atoms with van der Waals surface area (Å²) in [5.74, 6) is 0.0616. The van der Waals surface area contributed by atoms with Gasteiger partial charge in [-0.15, -0.1) is 0 Å². The first-order valence-corrected chi connectivity index (χ1v) is 5.94. The number of aldehydes is 1. The molecule has 0 saturated carbocycles. The molecule has 2 rings (SSSR count). The molecule has 0 spiro atoms. The lowest BCUT2D eigenvalue weighted by Gasteiger charge is -2.15. The summed E-state index contributed by atoms with van der Waals surface area (Å²) in [6, 6.07) is 7.40. The molecule has 1 aromatic heterocycles. The predicted octanol–water partition coefficient (Wildman–Crippen LogP) is 1.93. The second kappa shape index (κ2) is 5.04. The van der Waals surface area contributed by atoms with Gasteiger partial charge in [-0.2, -0.15) is 0 Å². The van der Waals surface area contributed by atoms with Crippen molar-refractivity contribution < 1.29 is 9.59 Å². The fourth-order valence-electron chi connectivity index (χ4n) is 1.93. The van der Waals surface area contributed by atoms with Crippen LogP contribution in [-0.2, 0) is 11.3 Å². The summed E-state index contributed by atoms with van der Waals surface area (Å²) >= 11 is 0. The summed E-state index contributed by atoms with van der Waals surface area (Å²) in [5.41, 5.74) is 1.57. The van der Waals surface area contributed by atoms with Crippen LogP contribution >= 0.6 is 0 Å². The highest BCUT2D eigenvalue weighted by Crippen LogP contribution is 2.19. The van der Waals surface area contributed by atoms with E-state index in [9.17, 15) is 9.59 Å². The molecule has 0 atom stereocenters. The second-order valence-electron chi connectivity index (χ2n) is 4.25. The molecule has 0 unspecified atom stereocenters. The quantitative estimate of drug-likeness (QED) is 0.771. The van der Waals surface area contributed by atoms with Crippen molar-refractivity contribution in [3.05, 3.63) is 36.0 Å². The van der Waals surface area contributed by atoms with Crippen LogP contribution in [0.1, 0.15) is 17.3 Å². The van der Waals surface area contributed by atoms with Gasteiger partial charge in [-0.05, 0) is 19.1 Å². The van der Waals surface area contributed by atoms with Crippen LogP contribution in [0.15, 0.2) is 30.5 Å². The lowest BCUT2D eigenvalue weighted by molar-refractivity contribution is -0.130. The van der Waals surface area contributed by atoms with E-state index in [-0.39, 0.29) is 5.91 Å². The highest BCUT2D eigenvalue weighted by atomic mass is 16.2. The lowest BCUT2D eigenvalue weighted by Crippen LogP contribution is -2.29. The molecule has 1 aromatic carbocycles. The molecule has 0 fully saturated rings. The van der Waals surface area contributed by atoms with E-state index in [1.165, 1.54) is 0 Å². The molecule has 2 aromatic rings. The van der Waals surface area contributed by atoms with Crippen LogP contribution in [0.4, 0.5) is 0 Å². The van der Waals surface area contributed by atoms with Crippen LogP contribution in [0.3, 0.4) is 0 Å². The van der Waals surface area contributed by atoms with Crippen molar-refractivity contribution in [2.75, 3.05) is 13.6 Å². The number of amides is 1. The lowest BCUT2D eigenvalue weighted by atomic mass is 10.1. The maximum Gasteiger partial charge on any atom is 0.242 e. The van der Waals surface area contributed by atoms with Crippen molar-refractivity contribution in [2.45, 2.75) is 13.5 Å². The first-order chi connectivity index (χ1) is 8.67. The Labute approximate surface area is 106 Å². The van der Waals surface area contributed by atoms with Crippen LogP contribution in [-0.4, -0.2) is 35.3 Å². The molecule has 1 heterocycles. The summed E-state index contributed by atoms with van der Waals surface area (Å²) in [6.07, 6.45) is 2.69. The Morgan fingerprint density at radius 1 is 1.39 bits per heavy atom. The third-order valence-electron chi connectivity index (χ3n) is 3.18. The highest BCUT2D eigenvalue weighted by Gasteiger charge is 2.10. The van der Waals surface area contributed by atoms with Gasteiger partial charge in [-0.3, -0.25) is 9.59 Å². The standard InChI is InChI=1S/C14H16N2O2/c1-3-15(2)14(18)9-16-8-7-12-11(10-17)5-4-6-13(12)16/h4-8,10H,3,9H2,1-2H3. The largest absolute Gasteiger partial charge is 0.344 e. The van der Waals surface area contributed by atoms with E-state index < -0.39 is 0 Å². The van der Waals surface area contributed by atoms with E-state index in [2.05, 4.69) is 0 Å². The normalized spacial score (nSPS) is 10.6. The van der Waals surface area contributed by atoms with E-state index in [4.69, 9.17) is 0 Å². The summed E-state index contributed by atoms with van der Waals surface area (Å²) in [6.45, 7) is 2.93. The third-order valence-corrected chi connectivity index (χ3v) is 3.18. The number of rotatable bonds is 4. The van der Waals surface area contributed by atoms with Crippen molar-refractivity contribution in [3.8, 4) is 0 Å². The fourth-order valence-corrected chi connectivity index (χ4v) is 1.93. The second-order valence-corrected chi connectivity index (χ2v) is 4.25. The van der Waals surface area contributed by atoms with Gasteiger partial charge >= 0.3 is 0 Å². The molecule has 0 radical (unpaired) electrons. The number of likely N-dealkylation sites (N-methyl/N-ethyl adjacent to an activating group) is 1. The first-order valence-electron chi connectivity index (χ1n) is 5.94. The summed E-state index contributed by atoms with van der Waals surface area (Å²) in [5, 5.41) is 0.888. The van der Waals surface area contributed by atoms with Crippen LogP contribution in [0.5, 0.6) is 0 Å². The van der Waals surface area contributed by atoms with Crippen LogP contribution in [0.25, 0.3) is 10.9 Å². The number of carbonyl (C=O) groups is 2. The molecule has 0 aliphatic heterocycles. The van der Waals surface area contributed by atoms with E-state index in [0.29, 0.717) is 18.7 Å². The molecule has 0 aliphatic rings. The van der Waals surface area contributed by atoms with E-state index in [0.717, 1.165) is 17.2 Å². The topological polar surface area (TPSA) is 42.3 Å². The SMILES string of the molecule is CCN(C)C(=O)Cn1ccc2c(C=O)cccc21. The molecule has 0 saturated heterocycles. The Kier molecular flexibility index (Phi) is 3.46. The van der Waals surface area contributed by atoms with Crippen molar-refractivity contribution in [1.82, 2.24) is 9.47 Å². The zero-order chi connectivity index (χ0) is 13.1. The number of fused-ring (bicyclic) bond motifs is 1. The number of aromatic nitrogens is 1. The summed E-state index contributed by atoms with van der Waals surface area (Å²) in [4.78, 5) is 24.5. The maximum atomic E-state index is 11.9. The minimum absolute atomic E-state index is 0.0616. The highest BCUT2D eigenvalue weighted by molar-refractivity contribution is 5.97. The van der Waals surface area contributed by atoms with Crippen LogP contribution in [0, 0.1) is 0 Å². The molecule has 4 nitrogen and oxygen atoms in total. The molecule has 0 N–H and O–H groups in total. The number of carbonyl (C=O) groups excluding carboxylic acids is 2. The van der Waals surface area contributed by atoms with Gasteiger partial charge in [0.15, 0.2) is 6.29 Å². The van der Waals surface area contributed by atoms with E-state index in [1.54, 1.807) is 18.0 Å². The van der Waals surface area contributed by atoms with Gasteiger partial charge in [0.1, 0.15) is 6.54 Å². The van der Waals surface area contributed by atoms with Gasteiger partial charge < -0.3 is 9.47 Å². The minimum atomic E-state index is 0.0616. The van der Waals surface area contributed by atoms with E-state index in [1.807, 2.05) is 35.9 Å². The Bertz CT molecular complexity index is 586. The van der Waals surface area contributed by atoms with Gasteiger partial charge in [-0.25, -0.2) is 0 Å². The van der Waals surface area contributed by atoms with Crippen LogP contribution < -0.4 is 0 Å². The average Bonchev–Trinajstić information content (AvgIpc) is 2.81. The Morgan fingerprint density at radius 3 is 2.83 bits per heavy atom. The Hall–Kier alpha value is -2.10. The van der Waals surface area contributed by atoms with Crippen molar-refractivity contribution in [1.29, 1.82) is 0 Å². The fraction of sp³-hybridized carbons (Fsp3) is 0.286. The van der Waals surface area contributed by atoms with Crippen molar-refractivity contribution in [3.63, 3.8) is 0 Å². The van der Waals surface area contributed by atoms with Crippen molar-refractivity contribution >= 4 is 23.1 Å². The molecular weight excluding hydrogens is 228 g/mol. The average molecular weight is 244 g/mol. The van der Waals surface area contributed by atoms with Gasteiger partial charge in [0.25, 0.3) is 0 Å². The summed E-state index contributed by atoms with van der Waals surface area (Å²) < 4.78 is 1.87. The number of hydrogen-bond donors (Lipinski definition) is 0. The van der Waals surface area contributed by atoms with Gasteiger partial charge in [0.05, 0.1) is 0 Å². The van der Waals surface area contributed by atoms with Gasteiger partial charge in [-0.1, -0.05) is 12.1 Å². The minimum Gasteiger partial charge on any atom is -0.344 e. The molecule has 0 bridgehead atoms. The molecule has 18 heavy (non-hydrogen) atoms. The molecule has 94 valence electrons. The van der Waals surface area contributed by atoms with Gasteiger partial charge in [0, 0.05) is 36.3 Å². The monoisotopic (exact) mass is 244 g/mol. The maximum absolute atomic E-state index is 11.9.